The maximum atomic E-state index is 12.4. The molecule has 0 spiro atoms. The van der Waals surface area contributed by atoms with Gasteiger partial charge in [0.25, 0.3) is 5.69 Å². The zero-order valence-corrected chi connectivity index (χ0v) is 15.0. The topological polar surface area (TPSA) is 75.5 Å². The Labute approximate surface area is 151 Å². The summed E-state index contributed by atoms with van der Waals surface area (Å²) in [6, 6.07) is 6.36. The molecule has 2 aliphatic rings. The number of non-ortho nitro benzene ring substituents is 1. The summed E-state index contributed by atoms with van der Waals surface area (Å²) >= 11 is 1.44. The highest BCUT2D eigenvalue weighted by Crippen LogP contribution is 2.28. The van der Waals surface area contributed by atoms with Gasteiger partial charge in [0.1, 0.15) is 0 Å². The van der Waals surface area contributed by atoms with Crippen molar-refractivity contribution in [2.24, 2.45) is 11.8 Å². The van der Waals surface area contributed by atoms with Crippen LogP contribution in [-0.4, -0.2) is 47.7 Å². The summed E-state index contributed by atoms with van der Waals surface area (Å²) in [5.41, 5.74) is 0.0772. The molecule has 1 N–H and O–H groups in total. The van der Waals surface area contributed by atoms with Gasteiger partial charge in [0.2, 0.25) is 5.91 Å². The summed E-state index contributed by atoms with van der Waals surface area (Å²) in [6.45, 7) is 3.87. The summed E-state index contributed by atoms with van der Waals surface area (Å²) in [7, 11) is 0. The van der Waals surface area contributed by atoms with Crippen LogP contribution in [-0.2, 0) is 4.79 Å². The molecule has 1 aromatic rings. The molecule has 2 saturated heterocycles. The van der Waals surface area contributed by atoms with Crippen LogP contribution in [0.4, 0.5) is 5.69 Å². The Morgan fingerprint density at radius 1 is 1.21 bits per heavy atom. The number of benzene rings is 1. The van der Waals surface area contributed by atoms with Gasteiger partial charge in [-0.2, -0.15) is 0 Å². The van der Waals surface area contributed by atoms with Crippen LogP contribution in [0.3, 0.4) is 0 Å². The number of fused-ring (bicyclic) bond motifs is 1. The summed E-state index contributed by atoms with van der Waals surface area (Å²) in [5.74, 6) is 2.00. The van der Waals surface area contributed by atoms with E-state index >= 15 is 0 Å². The number of nitrogens with one attached hydrogen (secondary N) is 1. The molecule has 2 fully saturated rings. The van der Waals surface area contributed by atoms with Crippen molar-refractivity contribution in [2.45, 2.75) is 17.7 Å². The maximum Gasteiger partial charge on any atom is 0.269 e. The van der Waals surface area contributed by atoms with Gasteiger partial charge in [-0.1, -0.05) is 0 Å². The Bertz CT molecular complexity index is 570. The molecule has 3 rings (SSSR count). The fourth-order valence-electron chi connectivity index (χ4n) is 3.37. The van der Waals surface area contributed by atoms with Gasteiger partial charge in [0, 0.05) is 30.1 Å². The van der Waals surface area contributed by atoms with Crippen LogP contribution >= 0.6 is 24.2 Å². The Kier molecular flexibility index (Phi) is 6.89. The molecule has 0 unspecified atom stereocenters. The smallest absolute Gasteiger partial charge is 0.269 e. The number of rotatable bonds is 4. The van der Waals surface area contributed by atoms with Crippen molar-refractivity contribution in [2.75, 3.05) is 31.9 Å². The first-order valence-corrected chi connectivity index (χ1v) is 8.98. The molecule has 2 heterocycles. The van der Waals surface area contributed by atoms with Crippen LogP contribution < -0.4 is 5.32 Å². The second-order valence-electron chi connectivity index (χ2n) is 6.18. The van der Waals surface area contributed by atoms with E-state index in [0.29, 0.717) is 5.75 Å². The molecule has 1 aromatic carbocycles. The van der Waals surface area contributed by atoms with E-state index in [4.69, 9.17) is 0 Å². The predicted octanol–water partition coefficient (Wildman–Crippen LogP) is 2.57. The summed E-state index contributed by atoms with van der Waals surface area (Å²) in [6.07, 6.45) is 2.18. The lowest BCUT2D eigenvalue weighted by Gasteiger charge is -2.20. The average molecular weight is 372 g/mol. The third-order valence-corrected chi connectivity index (χ3v) is 5.78. The van der Waals surface area contributed by atoms with Crippen molar-refractivity contribution < 1.29 is 9.72 Å². The van der Waals surface area contributed by atoms with E-state index in [2.05, 4.69) is 5.32 Å². The van der Waals surface area contributed by atoms with E-state index in [0.717, 1.165) is 55.8 Å². The standard InChI is InChI=1S/C16H21N3O3S.ClH/c20-16(11-23-15-3-1-14(2-4-15)19(21)22)18-7-5-12-9-17-10-13(12)6-8-18;/h1-4,12-13,17H,5-11H2;1H/t12-,13+;. The van der Waals surface area contributed by atoms with E-state index in [1.54, 1.807) is 12.1 Å². The zero-order chi connectivity index (χ0) is 16.2. The number of amides is 1. The Morgan fingerprint density at radius 2 is 1.79 bits per heavy atom. The second kappa shape index (κ2) is 8.69. The fraction of sp³-hybridized carbons (Fsp3) is 0.562. The Morgan fingerprint density at radius 3 is 2.33 bits per heavy atom. The molecule has 0 aromatic heterocycles. The molecule has 0 radical (unpaired) electrons. The SMILES string of the molecule is Cl.O=C(CSc1ccc([N+](=O)[O-])cc1)N1CC[C@@H]2CNC[C@@H]2CC1. The monoisotopic (exact) mass is 371 g/mol. The molecule has 0 aliphatic carbocycles. The number of hydrogen-bond acceptors (Lipinski definition) is 5. The first-order chi connectivity index (χ1) is 11.1. The van der Waals surface area contributed by atoms with Crippen molar-refractivity contribution in [1.82, 2.24) is 10.2 Å². The van der Waals surface area contributed by atoms with Gasteiger partial charge in [-0.15, -0.1) is 24.2 Å². The number of carbonyl (C=O) groups is 1. The average Bonchev–Trinajstić information content (AvgIpc) is 2.91. The predicted molar refractivity (Wildman–Crippen MR) is 96.7 cm³/mol. The molecule has 132 valence electrons. The van der Waals surface area contributed by atoms with Crippen LogP contribution in [0.5, 0.6) is 0 Å². The molecule has 8 heteroatoms. The highest BCUT2D eigenvalue weighted by molar-refractivity contribution is 8.00. The third-order valence-electron chi connectivity index (χ3n) is 4.78. The van der Waals surface area contributed by atoms with E-state index in [9.17, 15) is 14.9 Å². The van der Waals surface area contributed by atoms with Gasteiger partial charge in [0.05, 0.1) is 10.7 Å². The Balaban J connectivity index is 0.00000208. The van der Waals surface area contributed by atoms with Crippen LogP contribution in [0.15, 0.2) is 29.2 Å². The van der Waals surface area contributed by atoms with Gasteiger partial charge in [-0.3, -0.25) is 14.9 Å². The van der Waals surface area contributed by atoms with Crippen LogP contribution in [0, 0.1) is 22.0 Å². The number of nitro benzene ring substituents is 1. The highest BCUT2D eigenvalue weighted by Gasteiger charge is 2.31. The molecule has 0 saturated carbocycles. The number of hydrogen-bond donors (Lipinski definition) is 1. The number of likely N-dealkylation sites (tertiary alicyclic amines) is 1. The minimum atomic E-state index is -0.414. The van der Waals surface area contributed by atoms with Gasteiger partial charge in [-0.05, 0) is 49.9 Å². The third kappa shape index (κ3) is 4.62. The van der Waals surface area contributed by atoms with Gasteiger partial charge < -0.3 is 10.2 Å². The van der Waals surface area contributed by atoms with E-state index < -0.39 is 4.92 Å². The number of halogens is 1. The number of nitro groups is 1. The van der Waals surface area contributed by atoms with E-state index in [1.165, 1.54) is 23.9 Å². The maximum absolute atomic E-state index is 12.4. The second-order valence-corrected chi connectivity index (χ2v) is 7.22. The molecule has 2 atom stereocenters. The van der Waals surface area contributed by atoms with Crippen molar-refractivity contribution in [3.63, 3.8) is 0 Å². The van der Waals surface area contributed by atoms with Gasteiger partial charge in [0.15, 0.2) is 0 Å². The van der Waals surface area contributed by atoms with Crippen molar-refractivity contribution in [1.29, 1.82) is 0 Å². The molecule has 6 nitrogen and oxygen atoms in total. The van der Waals surface area contributed by atoms with Crippen LogP contribution in [0.1, 0.15) is 12.8 Å². The van der Waals surface area contributed by atoms with Crippen molar-refractivity contribution in [3.8, 4) is 0 Å². The lowest BCUT2D eigenvalue weighted by atomic mass is 9.92. The minimum Gasteiger partial charge on any atom is -0.342 e. The lowest BCUT2D eigenvalue weighted by molar-refractivity contribution is -0.384. The highest BCUT2D eigenvalue weighted by atomic mass is 35.5. The number of carbonyl (C=O) groups excluding carboxylic acids is 1. The summed E-state index contributed by atoms with van der Waals surface area (Å²) in [4.78, 5) is 25.5. The van der Waals surface area contributed by atoms with Crippen LogP contribution in [0.25, 0.3) is 0 Å². The van der Waals surface area contributed by atoms with Crippen molar-refractivity contribution >= 4 is 35.8 Å². The summed E-state index contributed by atoms with van der Waals surface area (Å²) < 4.78 is 0. The normalized spacial score (nSPS) is 23.1. The van der Waals surface area contributed by atoms with Crippen molar-refractivity contribution in [3.05, 3.63) is 34.4 Å². The summed E-state index contributed by atoms with van der Waals surface area (Å²) in [5, 5.41) is 14.1. The first kappa shape index (κ1) is 19.0. The molecule has 24 heavy (non-hydrogen) atoms. The first-order valence-electron chi connectivity index (χ1n) is 7.99. The largest absolute Gasteiger partial charge is 0.342 e. The molecular weight excluding hydrogens is 350 g/mol. The Hall–Kier alpha value is -1.31. The lowest BCUT2D eigenvalue weighted by Crippen LogP contribution is -2.34. The number of thioether (sulfide) groups is 1. The molecule has 2 aliphatic heterocycles. The fourth-order valence-corrected chi connectivity index (χ4v) is 4.17. The number of nitrogens with zero attached hydrogens (tertiary/aromatic N) is 2. The zero-order valence-electron chi connectivity index (χ0n) is 13.3. The van der Waals surface area contributed by atoms with Gasteiger partial charge in [-0.25, -0.2) is 0 Å². The molecular formula is C16H22ClN3O3S. The van der Waals surface area contributed by atoms with Crippen LogP contribution in [0.2, 0.25) is 0 Å². The van der Waals surface area contributed by atoms with Gasteiger partial charge >= 0.3 is 0 Å². The molecule has 1 amide bonds. The minimum absolute atomic E-state index is 0. The van der Waals surface area contributed by atoms with E-state index in [-0.39, 0.29) is 24.0 Å². The molecule has 0 bridgehead atoms. The van der Waals surface area contributed by atoms with E-state index in [1.807, 2.05) is 4.90 Å². The quantitative estimate of drug-likeness (QED) is 0.500.